The van der Waals surface area contributed by atoms with Crippen molar-refractivity contribution in [3.05, 3.63) is 12.2 Å². The van der Waals surface area contributed by atoms with Gasteiger partial charge in [0.25, 0.3) is 0 Å². The van der Waals surface area contributed by atoms with Crippen molar-refractivity contribution in [1.29, 1.82) is 0 Å². The van der Waals surface area contributed by atoms with Crippen molar-refractivity contribution in [2.24, 2.45) is 0 Å². The Morgan fingerprint density at radius 1 is 0.900 bits per heavy atom. The molecular weight excluding hydrogens is 264 g/mol. The molecule has 0 saturated heterocycles. The van der Waals surface area contributed by atoms with E-state index in [0.29, 0.717) is 18.6 Å². The van der Waals surface area contributed by atoms with Gasteiger partial charge in [0.15, 0.2) is 0 Å². The molecule has 0 aliphatic heterocycles. The van der Waals surface area contributed by atoms with Crippen LogP contribution in [0.25, 0.3) is 0 Å². The quantitative estimate of drug-likeness (QED) is 0.382. The molecule has 0 aliphatic carbocycles. The average Bonchev–Trinajstić information content (AvgIpc) is 2.32. The van der Waals surface area contributed by atoms with E-state index in [2.05, 4.69) is 6.92 Å². The molecule has 20 heavy (non-hydrogen) atoms. The second-order valence-electron chi connectivity index (χ2n) is 4.24. The Bertz CT molecular complexity index is 341. The van der Waals surface area contributed by atoms with Crippen molar-refractivity contribution in [2.75, 3.05) is 0 Å². The maximum absolute atomic E-state index is 11.0. The van der Waals surface area contributed by atoms with Gasteiger partial charge in [-0.2, -0.15) is 0 Å². The smallest absolute Gasteiger partial charge is 0.328 e. The molecule has 0 heterocycles. The predicted molar refractivity (Wildman–Crippen MR) is 73.5 cm³/mol. The topological polar surface area (TPSA) is 109 Å². The summed E-state index contributed by atoms with van der Waals surface area (Å²) in [6.45, 7) is 3.60. The van der Waals surface area contributed by atoms with Gasteiger partial charge in [0.2, 0.25) is 0 Å². The summed E-state index contributed by atoms with van der Waals surface area (Å²) in [5, 5.41) is 15.6. The van der Waals surface area contributed by atoms with Crippen LogP contribution in [-0.4, -0.2) is 33.7 Å². The molecule has 0 atom stereocenters. The number of aliphatic carboxylic acids is 2. The van der Waals surface area contributed by atoms with Gasteiger partial charge in [-0.05, 0) is 13.3 Å². The van der Waals surface area contributed by atoms with E-state index in [1.807, 2.05) is 0 Å². The highest BCUT2D eigenvalue weighted by atomic mass is 16.4. The van der Waals surface area contributed by atoms with E-state index in [4.69, 9.17) is 10.2 Å². The Morgan fingerprint density at radius 2 is 1.40 bits per heavy atom. The average molecular weight is 286 g/mol. The molecule has 0 amide bonds. The minimum atomic E-state index is -1.26. The number of hydrogen-bond donors (Lipinski definition) is 2. The van der Waals surface area contributed by atoms with Gasteiger partial charge in [-0.3, -0.25) is 9.59 Å². The normalized spacial score (nSPS) is 9.70. The number of hydrogen-bond acceptors (Lipinski definition) is 4. The number of carboxylic acid groups (broad SMARTS) is 2. The highest BCUT2D eigenvalue weighted by Gasteiger charge is 2.03. The predicted octanol–water partition coefficient (Wildman–Crippen LogP) is 2.22. The molecule has 0 saturated carbocycles. The van der Waals surface area contributed by atoms with Gasteiger partial charge >= 0.3 is 11.9 Å². The lowest BCUT2D eigenvalue weighted by molar-refractivity contribution is -0.134. The Morgan fingerprint density at radius 3 is 1.75 bits per heavy atom. The molecule has 0 aromatic heterocycles. The summed E-state index contributed by atoms with van der Waals surface area (Å²) in [7, 11) is 0. The molecule has 0 unspecified atom stereocenters. The minimum absolute atomic E-state index is 0.0181. The van der Waals surface area contributed by atoms with E-state index in [0.717, 1.165) is 12.8 Å². The first-order valence-corrected chi connectivity index (χ1v) is 6.44. The fraction of sp³-hybridized carbons (Fsp3) is 0.571. The molecular formula is C14H22O6. The second kappa shape index (κ2) is 13.5. The molecule has 0 radical (unpaired) electrons. The number of carbonyl (C=O) groups is 4. The number of rotatable bonds is 9. The number of ketones is 2. The third-order valence-electron chi connectivity index (χ3n) is 2.12. The fourth-order valence-electron chi connectivity index (χ4n) is 1.26. The maximum atomic E-state index is 11.0. The summed E-state index contributed by atoms with van der Waals surface area (Å²) >= 11 is 0. The highest BCUT2D eigenvalue weighted by Crippen LogP contribution is 2.04. The lowest BCUT2D eigenvalue weighted by Gasteiger charge is -1.97. The lowest BCUT2D eigenvalue weighted by Crippen LogP contribution is -2.03. The summed E-state index contributed by atoms with van der Waals surface area (Å²) in [4.78, 5) is 40.6. The molecule has 0 spiro atoms. The summed E-state index contributed by atoms with van der Waals surface area (Å²) < 4.78 is 0. The first kappa shape index (κ1) is 20.3. The number of Topliss-reactive ketones (excluding diaryl/α,β-unsaturated/α-hetero) is 2. The van der Waals surface area contributed by atoms with Gasteiger partial charge in [0.1, 0.15) is 11.6 Å². The van der Waals surface area contributed by atoms with E-state index in [-0.39, 0.29) is 18.0 Å². The van der Waals surface area contributed by atoms with Gasteiger partial charge < -0.3 is 10.2 Å². The summed E-state index contributed by atoms with van der Waals surface area (Å²) in [6.07, 6.45) is 6.25. The van der Waals surface area contributed by atoms with Gasteiger partial charge in [-0.15, -0.1) is 0 Å². The first-order valence-electron chi connectivity index (χ1n) is 6.44. The van der Waals surface area contributed by atoms with Crippen LogP contribution in [0.1, 0.15) is 52.4 Å². The van der Waals surface area contributed by atoms with Crippen molar-refractivity contribution in [1.82, 2.24) is 0 Å². The van der Waals surface area contributed by atoms with Gasteiger partial charge in [-0.1, -0.05) is 26.2 Å². The molecule has 0 bridgehead atoms. The molecule has 6 heteroatoms. The Labute approximate surface area is 118 Å². The van der Waals surface area contributed by atoms with Crippen molar-refractivity contribution in [2.45, 2.75) is 52.4 Å². The minimum Gasteiger partial charge on any atom is -0.478 e. The monoisotopic (exact) mass is 286 g/mol. The zero-order valence-corrected chi connectivity index (χ0v) is 11.9. The maximum Gasteiger partial charge on any atom is 0.328 e. The second-order valence-corrected chi connectivity index (χ2v) is 4.24. The van der Waals surface area contributed by atoms with E-state index < -0.39 is 11.9 Å². The van der Waals surface area contributed by atoms with Crippen molar-refractivity contribution in [3.8, 4) is 0 Å². The van der Waals surface area contributed by atoms with E-state index >= 15 is 0 Å². The lowest BCUT2D eigenvalue weighted by atomic mass is 10.1. The SMILES string of the molecule is CCCCCCC(=O)CC(C)=O.O=C(O)/C=C/C(=O)O. The summed E-state index contributed by atoms with van der Waals surface area (Å²) in [6, 6.07) is 0. The zero-order chi connectivity index (χ0) is 16.0. The van der Waals surface area contributed by atoms with Crippen LogP contribution in [-0.2, 0) is 19.2 Å². The van der Waals surface area contributed by atoms with E-state index in [1.165, 1.54) is 19.8 Å². The van der Waals surface area contributed by atoms with Gasteiger partial charge in [0.05, 0.1) is 6.42 Å². The van der Waals surface area contributed by atoms with Crippen LogP contribution in [0.2, 0.25) is 0 Å². The van der Waals surface area contributed by atoms with Crippen LogP contribution >= 0.6 is 0 Å². The van der Waals surface area contributed by atoms with Crippen LogP contribution in [0, 0.1) is 0 Å². The fourth-order valence-corrected chi connectivity index (χ4v) is 1.26. The number of unbranched alkanes of at least 4 members (excludes halogenated alkanes) is 3. The van der Waals surface area contributed by atoms with Crippen LogP contribution < -0.4 is 0 Å². The molecule has 0 rings (SSSR count). The Balaban J connectivity index is 0. The van der Waals surface area contributed by atoms with Crippen molar-refractivity contribution < 1.29 is 29.4 Å². The van der Waals surface area contributed by atoms with Crippen molar-refractivity contribution in [3.63, 3.8) is 0 Å². The molecule has 0 aliphatic rings. The number of carboxylic acids is 2. The highest BCUT2D eigenvalue weighted by molar-refractivity contribution is 5.97. The first-order chi connectivity index (χ1) is 9.29. The van der Waals surface area contributed by atoms with E-state index in [1.54, 1.807) is 0 Å². The molecule has 0 aromatic carbocycles. The van der Waals surface area contributed by atoms with Crippen LogP contribution in [0.15, 0.2) is 12.2 Å². The van der Waals surface area contributed by atoms with E-state index in [9.17, 15) is 19.2 Å². The third kappa shape index (κ3) is 21.3. The molecule has 0 aromatic rings. The Hall–Kier alpha value is -1.98. The van der Waals surface area contributed by atoms with Gasteiger partial charge in [0, 0.05) is 18.6 Å². The summed E-state index contributed by atoms with van der Waals surface area (Å²) in [5.41, 5.74) is 0. The number of carbonyl (C=O) groups excluding carboxylic acids is 2. The third-order valence-corrected chi connectivity index (χ3v) is 2.12. The summed E-state index contributed by atoms with van der Waals surface area (Å²) in [5.74, 6) is -2.44. The molecule has 0 fully saturated rings. The molecule has 6 nitrogen and oxygen atoms in total. The Kier molecular flexibility index (Phi) is 13.7. The van der Waals surface area contributed by atoms with Crippen LogP contribution in [0.5, 0.6) is 0 Å². The van der Waals surface area contributed by atoms with Crippen LogP contribution in [0.3, 0.4) is 0 Å². The molecule has 2 N–H and O–H groups in total. The zero-order valence-electron chi connectivity index (χ0n) is 11.9. The van der Waals surface area contributed by atoms with Crippen LogP contribution in [0.4, 0.5) is 0 Å². The van der Waals surface area contributed by atoms with Gasteiger partial charge in [-0.25, -0.2) is 9.59 Å². The molecule has 114 valence electrons. The standard InChI is InChI=1S/C10H18O2.C4H4O4/c1-3-4-5-6-7-10(12)8-9(2)11;5-3(6)1-2-4(7)8/h3-8H2,1-2H3;1-2H,(H,5,6)(H,7,8)/b;2-1+. The largest absolute Gasteiger partial charge is 0.478 e. The van der Waals surface area contributed by atoms with Crippen molar-refractivity contribution >= 4 is 23.5 Å².